The highest BCUT2D eigenvalue weighted by atomic mass is 16.2. The fourth-order valence-electron chi connectivity index (χ4n) is 3.86. The Balaban J connectivity index is 1.72. The van der Waals surface area contributed by atoms with E-state index in [1.54, 1.807) is 24.0 Å². The van der Waals surface area contributed by atoms with Gasteiger partial charge in [0.05, 0.1) is 11.8 Å². The molecule has 0 aliphatic carbocycles. The number of aromatic nitrogens is 2. The van der Waals surface area contributed by atoms with Crippen LogP contribution in [0.1, 0.15) is 43.0 Å². The van der Waals surface area contributed by atoms with Crippen molar-refractivity contribution >= 4 is 11.8 Å². The lowest BCUT2D eigenvalue weighted by Crippen LogP contribution is -2.53. The molecule has 1 aromatic heterocycles. The normalized spacial score (nSPS) is 25.5. The Morgan fingerprint density at radius 1 is 1.23 bits per heavy atom. The molecule has 0 saturated carbocycles. The van der Waals surface area contributed by atoms with Crippen LogP contribution in [0, 0.1) is 5.92 Å². The van der Waals surface area contributed by atoms with E-state index in [-0.39, 0.29) is 11.8 Å². The summed E-state index contributed by atoms with van der Waals surface area (Å²) in [4.78, 5) is 28.4. The third-order valence-electron chi connectivity index (χ3n) is 4.96. The number of hydrogen-bond donors (Lipinski definition) is 0. The van der Waals surface area contributed by atoms with Gasteiger partial charge in [0.25, 0.3) is 5.91 Å². The van der Waals surface area contributed by atoms with Crippen LogP contribution in [0.2, 0.25) is 0 Å². The molecule has 22 heavy (non-hydrogen) atoms. The fraction of sp³-hybridized carbons (Fsp3) is 0.688. The zero-order valence-corrected chi connectivity index (χ0v) is 13.4. The first-order chi connectivity index (χ1) is 10.6. The minimum Gasteiger partial charge on any atom is -0.340 e. The molecule has 6 heteroatoms. The molecule has 6 nitrogen and oxygen atoms in total. The number of likely N-dealkylation sites (tertiary alicyclic amines) is 2. The van der Waals surface area contributed by atoms with Crippen molar-refractivity contribution in [3.05, 3.63) is 18.0 Å². The topological polar surface area (TPSA) is 58.4 Å². The van der Waals surface area contributed by atoms with Gasteiger partial charge >= 0.3 is 0 Å². The molecule has 0 aromatic carbocycles. The molecule has 0 unspecified atom stereocenters. The Morgan fingerprint density at radius 2 is 2.05 bits per heavy atom. The molecule has 3 rings (SSSR count). The molecular formula is C16H24N4O2. The van der Waals surface area contributed by atoms with Crippen LogP contribution in [0.4, 0.5) is 0 Å². The maximum atomic E-state index is 12.6. The van der Waals surface area contributed by atoms with Gasteiger partial charge < -0.3 is 9.80 Å². The van der Waals surface area contributed by atoms with Crippen LogP contribution in [0.15, 0.2) is 12.4 Å². The van der Waals surface area contributed by atoms with Gasteiger partial charge in [-0.15, -0.1) is 0 Å². The Kier molecular flexibility index (Phi) is 4.18. The predicted octanol–water partition coefficient (Wildman–Crippen LogP) is 1.28. The van der Waals surface area contributed by atoms with E-state index in [1.807, 2.05) is 16.8 Å². The molecule has 0 N–H and O–H groups in total. The van der Waals surface area contributed by atoms with Crippen molar-refractivity contribution in [1.82, 2.24) is 19.6 Å². The molecule has 2 fully saturated rings. The van der Waals surface area contributed by atoms with Crippen LogP contribution in [0.25, 0.3) is 0 Å². The van der Waals surface area contributed by atoms with E-state index in [0.29, 0.717) is 17.5 Å². The number of nitrogens with zero attached hydrogens (tertiary/aromatic N) is 4. The number of amides is 2. The number of hydrogen-bond acceptors (Lipinski definition) is 3. The third-order valence-corrected chi connectivity index (χ3v) is 4.96. The molecule has 2 aliphatic rings. The maximum absolute atomic E-state index is 12.6. The van der Waals surface area contributed by atoms with Crippen molar-refractivity contribution in [3.8, 4) is 0 Å². The monoisotopic (exact) mass is 304 g/mol. The third kappa shape index (κ3) is 2.87. The van der Waals surface area contributed by atoms with Crippen molar-refractivity contribution < 1.29 is 9.59 Å². The van der Waals surface area contributed by atoms with Gasteiger partial charge in [0.1, 0.15) is 0 Å². The summed E-state index contributed by atoms with van der Waals surface area (Å²) in [5.41, 5.74) is 0.651. The zero-order valence-electron chi connectivity index (χ0n) is 13.4. The van der Waals surface area contributed by atoms with Gasteiger partial charge in [0.15, 0.2) is 0 Å². The lowest BCUT2D eigenvalue weighted by molar-refractivity contribution is -0.132. The van der Waals surface area contributed by atoms with E-state index in [2.05, 4.69) is 5.10 Å². The van der Waals surface area contributed by atoms with E-state index in [9.17, 15) is 9.59 Å². The molecule has 2 amide bonds. The second-order valence-corrected chi connectivity index (χ2v) is 6.48. The summed E-state index contributed by atoms with van der Waals surface area (Å²) in [7, 11) is 1.82. The highest BCUT2D eigenvalue weighted by Crippen LogP contribution is 2.30. The van der Waals surface area contributed by atoms with Crippen molar-refractivity contribution in [2.24, 2.45) is 13.0 Å². The first kappa shape index (κ1) is 15.1. The molecular weight excluding hydrogens is 280 g/mol. The highest BCUT2D eigenvalue weighted by Gasteiger charge is 2.37. The molecule has 0 spiro atoms. The summed E-state index contributed by atoms with van der Waals surface area (Å²) in [5.74, 6) is 0.634. The van der Waals surface area contributed by atoms with Crippen molar-refractivity contribution in [2.75, 3.05) is 19.6 Å². The summed E-state index contributed by atoms with van der Waals surface area (Å²) in [5, 5.41) is 4.08. The lowest BCUT2D eigenvalue weighted by Gasteiger charge is -2.42. The molecule has 1 aromatic rings. The van der Waals surface area contributed by atoms with E-state index in [0.717, 1.165) is 45.3 Å². The summed E-state index contributed by atoms with van der Waals surface area (Å²) < 4.78 is 1.66. The van der Waals surface area contributed by atoms with Gasteiger partial charge in [-0.3, -0.25) is 14.3 Å². The summed E-state index contributed by atoms with van der Waals surface area (Å²) >= 11 is 0. The molecule has 2 aliphatic heterocycles. The van der Waals surface area contributed by atoms with E-state index in [1.165, 1.54) is 0 Å². The summed E-state index contributed by atoms with van der Waals surface area (Å²) in [6.07, 6.45) is 7.59. The first-order valence-electron chi connectivity index (χ1n) is 8.11. The quantitative estimate of drug-likeness (QED) is 0.785. The summed E-state index contributed by atoms with van der Waals surface area (Å²) in [6, 6.07) is 0.304. The van der Waals surface area contributed by atoms with Crippen LogP contribution in [0.5, 0.6) is 0 Å². The van der Waals surface area contributed by atoms with Crippen LogP contribution >= 0.6 is 0 Å². The second-order valence-electron chi connectivity index (χ2n) is 6.48. The van der Waals surface area contributed by atoms with Gasteiger partial charge in [0.2, 0.25) is 5.91 Å². The maximum Gasteiger partial charge on any atom is 0.257 e. The highest BCUT2D eigenvalue weighted by molar-refractivity contribution is 5.93. The zero-order chi connectivity index (χ0) is 15.7. The van der Waals surface area contributed by atoms with Gasteiger partial charge in [-0.05, 0) is 25.2 Å². The average Bonchev–Trinajstić information content (AvgIpc) is 2.81. The second kappa shape index (κ2) is 6.10. The van der Waals surface area contributed by atoms with E-state index >= 15 is 0 Å². The van der Waals surface area contributed by atoms with Gasteiger partial charge in [-0.2, -0.15) is 5.10 Å². The number of carbonyl (C=O) groups excluding carboxylic acids is 2. The van der Waals surface area contributed by atoms with Crippen LogP contribution in [-0.4, -0.2) is 57.1 Å². The number of aryl methyl sites for hydroxylation is 1. The van der Waals surface area contributed by atoms with E-state index < -0.39 is 0 Å². The van der Waals surface area contributed by atoms with Gasteiger partial charge in [0, 0.05) is 45.8 Å². The largest absolute Gasteiger partial charge is 0.340 e. The number of fused-ring (bicyclic) bond motifs is 1. The standard InChI is InChI=1S/C16H24N4O2/c1-12(21)20-7-4-3-5-13-11-19(8-6-15(13)20)16(22)14-9-17-18(2)10-14/h9-10,13,15H,3-8,11H2,1-2H3/t13-,15+/m0/s1. The summed E-state index contributed by atoms with van der Waals surface area (Å²) in [6.45, 7) is 4.00. The SMILES string of the molecule is CC(=O)N1CCCC[C@H]2CN(C(=O)c3cnn(C)c3)CC[C@H]21. The van der Waals surface area contributed by atoms with Crippen LogP contribution in [0.3, 0.4) is 0 Å². The molecule has 120 valence electrons. The van der Waals surface area contributed by atoms with Gasteiger partial charge in [-0.25, -0.2) is 0 Å². The van der Waals surface area contributed by atoms with Crippen LogP contribution in [-0.2, 0) is 11.8 Å². The van der Waals surface area contributed by atoms with Crippen LogP contribution < -0.4 is 0 Å². The average molecular weight is 304 g/mol. The predicted molar refractivity (Wildman–Crippen MR) is 82.2 cm³/mol. The Morgan fingerprint density at radius 3 is 2.73 bits per heavy atom. The fourth-order valence-corrected chi connectivity index (χ4v) is 3.86. The minimum atomic E-state index is 0.0603. The number of carbonyl (C=O) groups is 2. The van der Waals surface area contributed by atoms with Crippen molar-refractivity contribution in [3.63, 3.8) is 0 Å². The molecule has 3 heterocycles. The molecule has 2 saturated heterocycles. The van der Waals surface area contributed by atoms with Gasteiger partial charge in [-0.1, -0.05) is 6.42 Å². The molecule has 2 atom stereocenters. The molecule has 0 bridgehead atoms. The Labute approximate surface area is 131 Å². The molecule has 0 radical (unpaired) electrons. The number of rotatable bonds is 1. The van der Waals surface area contributed by atoms with Crippen molar-refractivity contribution in [1.29, 1.82) is 0 Å². The first-order valence-corrected chi connectivity index (χ1v) is 8.11. The Hall–Kier alpha value is -1.85. The lowest BCUT2D eigenvalue weighted by atomic mass is 9.88. The number of piperidine rings is 1. The Bertz CT molecular complexity index is 568. The minimum absolute atomic E-state index is 0.0603. The van der Waals surface area contributed by atoms with E-state index in [4.69, 9.17) is 0 Å². The van der Waals surface area contributed by atoms with Crippen molar-refractivity contribution in [2.45, 2.75) is 38.6 Å². The smallest absolute Gasteiger partial charge is 0.257 e.